The zero-order valence-corrected chi connectivity index (χ0v) is 29.0. The Hall–Kier alpha value is -2.85. The van der Waals surface area contributed by atoms with Crippen molar-refractivity contribution in [1.29, 1.82) is 0 Å². The summed E-state index contributed by atoms with van der Waals surface area (Å²) in [7, 11) is 0. The fourth-order valence-electron chi connectivity index (χ4n) is 4.11. The maximum absolute atomic E-state index is 13.5. The molecule has 0 heterocycles. The average Bonchev–Trinajstić information content (AvgIpc) is 3.06. The fraction of sp³-hybridized carbons (Fsp3) is 0.844. The lowest BCUT2D eigenvalue weighted by Crippen LogP contribution is -2.48. The summed E-state index contributed by atoms with van der Waals surface area (Å²) in [4.78, 5) is 64.6. The molecule has 47 heavy (non-hydrogen) atoms. The average molecular weight is 681 g/mol. The number of esters is 5. The molecule has 12 atom stereocenters. The molecule has 0 fully saturated rings. The van der Waals surface area contributed by atoms with Gasteiger partial charge in [-0.1, -0.05) is 55.4 Å². The molecule has 0 saturated heterocycles. The largest absolute Gasteiger partial charge is 0.460 e. The number of carbonyl (C=O) groups excluding carboxylic acids is 5. The van der Waals surface area contributed by atoms with E-state index in [1.807, 2.05) is 0 Å². The lowest BCUT2D eigenvalue weighted by molar-refractivity contribution is -0.195. The molecule has 0 spiro atoms. The molecule has 0 saturated carbocycles. The lowest BCUT2D eigenvalue weighted by atomic mass is 9.98. The van der Waals surface area contributed by atoms with Crippen LogP contribution in [0.15, 0.2) is 0 Å². The Labute approximate surface area is 276 Å². The molecule has 0 aliphatic rings. The summed E-state index contributed by atoms with van der Waals surface area (Å²) in [5, 5.41) is 48.4. The van der Waals surface area contributed by atoms with Crippen molar-refractivity contribution >= 4 is 29.8 Å². The smallest absolute Gasteiger partial charge is 0.348 e. The zero-order valence-electron chi connectivity index (χ0n) is 29.0. The van der Waals surface area contributed by atoms with E-state index in [0.717, 1.165) is 6.92 Å². The van der Waals surface area contributed by atoms with E-state index in [4.69, 9.17) is 28.8 Å². The molecule has 0 aromatic rings. The number of carbonyl (C=O) groups is 5. The van der Waals surface area contributed by atoms with Crippen molar-refractivity contribution in [3.8, 4) is 0 Å². The summed E-state index contributed by atoms with van der Waals surface area (Å²) >= 11 is 0. The molecule has 0 aromatic carbocycles. The Morgan fingerprint density at radius 3 is 1.11 bits per heavy atom. The van der Waals surface area contributed by atoms with Crippen molar-refractivity contribution in [1.82, 2.24) is 0 Å². The van der Waals surface area contributed by atoms with Gasteiger partial charge in [0.15, 0.2) is 0 Å². The van der Waals surface area contributed by atoms with Crippen LogP contribution in [-0.4, -0.2) is 117 Å². The highest BCUT2D eigenvalue weighted by Gasteiger charge is 2.41. The van der Waals surface area contributed by atoms with Gasteiger partial charge in [-0.05, 0) is 25.7 Å². The van der Waals surface area contributed by atoms with Gasteiger partial charge in [0, 0.05) is 30.6 Å². The van der Waals surface area contributed by atoms with Gasteiger partial charge in [-0.2, -0.15) is 0 Å². The normalized spacial score (nSPS) is 19.2. The van der Waals surface area contributed by atoms with E-state index in [-0.39, 0.29) is 0 Å². The summed E-state index contributed by atoms with van der Waals surface area (Å²) in [5.41, 5.74) is 0. The molecule has 0 aliphatic carbocycles. The van der Waals surface area contributed by atoms with Crippen LogP contribution in [0.5, 0.6) is 0 Å². The van der Waals surface area contributed by atoms with Crippen LogP contribution in [0.3, 0.4) is 0 Å². The molecular formula is C32H56O15. The van der Waals surface area contributed by atoms with Crippen LogP contribution in [0, 0.1) is 23.7 Å². The molecule has 0 radical (unpaired) electrons. The van der Waals surface area contributed by atoms with Crippen LogP contribution in [0.4, 0.5) is 0 Å². The number of ether oxygens (including phenoxy) is 5. The standard InChI is InChI=1S/C32H56O15/c1-10-16(5)25(29(39)43-15-22(36)24(38)23(37)21(35)14-33)45-31(41)27(18(7)12-3)47-32(42)28(19(8)13-4)46-30(40)26(17(6)11-2)44-20(9)34/h16-19,21-28,33,35-38H,10-15H2,1-9H3/t16-,17+,18+,19+,21-,22+,23-,24+,25+,26+,27+,28+/m1/s1. The molecule has 0 unspecified atom stereocenters. The van der Waals surface area contributed by atoms with Crippen molar-refractivity contribution < 1.29 is 73.2 Å². The van der Waals surface area contributed by atoms with Gasteiger partial charge < -0.3 is 49.2 Å². The summed E-state index contributed by atoms with van der Waals surface area (Å²) < 4.78 is 26.8. The predicted octanol–water partition coefficient (Wildman–Crippen LogP) is 0.817. The maximum atomic E-state index is 13.5. The Balaban J connectivity index is 6.01. The maximum Gasteiger partial charge on any atom is 0.348 e. The fourth-order valence-corrected chi connectivity index (χ4v) is 4.11. The first-order valence-electron chi connectivity index (χ1n) is 16.2. The molecule has 0 amide bonds. The number of aliphatic hydroxyl groups is 5. The molecule has 0 bridgehead atoms. The van der Waals surface area contributed by atoms with E-state index >= 15 is 0 Å². The van der Waals surface area contributed by atoms with Gasteiger partial charge >= 0.3 is 29.8 Å². The van der Waals surface area contributed by atoms with Gasteiger partial charge in [0.05, 0.1) is 6.61 Å². The predicted molar refractivity (Wildman–Crippen MR) is 165 cm³/mol. The van der Waals surface area contributed by atoms with Crippen LogP contribution >= 0.6 is 0 Å². The van der Waals surface area contributed by atoms with Crippen LogP contribution in [0.2, 0.25) is 0 Å². The third-order valence-electron chi connectivity index (χ3n) is 8.32. The Bertz CT molecular complexity index is 988. The van der Waals surface area contributed by atoms with Gasteiger partial charge in [0.25, 0.3) is 0 Å². The highest BCUT2D eigenvalue weighted by atomic mass is 16.6. The quantitative estimate of drug-likeness (QED) is 0.0787. The van der Waals surface area contributed by atoms with Gasteiger partial charge in [0.2, 0.25) is 24.4 Å². The first-order valence-corrected chi connectivity index (χ1v) is 16.2. The third-order valence-corrected chi connectivity index (χ3v) is 8.32. The lowest BCUT2D eigenvalue weighted by Gasteiger charge is -2.30. The zero-order chi connectivity index (χ0) is 36.6. The second-order valence-electron chi connectivity index (χ2n) is 12.1. The molecule has 0 aromatic heterocycles. The van der Waals surface area contributed by atoms with Crippen molar-refractivity contribution in [2.45, 2.75) is 137 Å². The van der Waals surface area contributed by atoms with Crippen LogP contribution < -0.4 is 0 Å². The Kier molecular flexibility index (Phi) is 20.6. The van der Waals surface area contributed by atoms with E-state index in [2.05, 4.69) is 0 Å². The van der Waals surface area contributed by atoms with Crippen molar-refractivity contribution in [3.63, 3.8) is 0 Å². The van der Waals surface area contributed by atoms with Gasteiger partial charge in [-0.25, -0.2) is 19.2 Å². The summed E-state index contributed by atoms with van der Waals surface area (Å²) in [6, 6.07) is 0. The topological polar surface area (TPSA) is 233 Å². The minimum absolute atomic E-state index is 0.332. The number of hydrogen-bond donors (Lipinski definition) is 5. The molecule has 5 N–H and O–H groups in total. The molecule has 15 heteroatoms. The molecule has 0 rings (SSSR count). The summed E-state index contributed by atoms with van der Waals surface area (Å²) in [5.74, 6) is -7.06. The van der Waals surface area contributed by atoms with Crippen LogP contribution in [0.25, 0.3) is 0 Å². The van der Waals surface area contributed by atoms with Crippen molar-refractivity contribution in [2.75, 3.05) is 13.2 Å². The van der Waals surface area contributed by atoms with E-state index in [0.29, 0.717) is 25.7 Å². The third kappa shape index (κ3) is 14.0. The first kappa shape index (κ1) is 44.1. The van der Waals surface area contributed by atoms with Crippen molar-refractivity contribution in [3.05, 3.63) is 0 Å². The monoisotopic (exact) mass is 680 g/mol. The van der Waals surface area contributed by atoms with E-state index in [1.165, 1.54) is 0 Å². The van der Waals surface area contributed by atoms with Crippen molar-refractivity contribution in [2.24, 2.45) is 23.7 Å². The van der Waals surface area contributed by atoms with Crippen LogP contribution in [0.1, 0.15) is 88.0 Å². The molecule has 15 nitrogen and oxygen atoms in total. The molecule has 274 valence electrons. The molecular weight excluding hydrogens is 624 g/mol. The van der Waals surface area contributed by atoms with Gasteiger partial charge in [-0.15, -0.1) is 0 Å². The number of aliphatic hydroxyl groups excluding tert-OH is 5. The Morgan fingerprint density at radius 2 is 0.809 bits per heavy atom. The number of rotatable bonds is 22. The minimum Gasteiger partial charge on any atom is -0.460 e. The highest BCUT2D eigenvalue weighted by molar-refractivity contribution is 5.86. The second kappa shape index (κ2) is 21.9. The Morgan fingerprint density at radius 1 is 0.511 bits per heavy atom. The van der Waals surface area contributed by atoms with E-state index in [1.54, 1.807) is 55.4 Å². The van der Waals surface area contributed by atoms with Crippen LogP contribution in [-0.2, 0) is 47.7 Å². The SMILES string of the molecule is CC[C@@H](C)[C@H](OC(=O)[C@@H](OC(=O)[C@@H](OC(=O)[C@@H](OC(C)=O)[C@@H](C)CC)[C@@H](C)CC)[C@@H](C)CC)C(=O)OC[C@H](O)[C@H](O)[C@H](O)[C@H](O)CO. The second-order valence-corrected chi connectivity index (χ2v) is 12.1. The highest BCUT2D eigenvalue weighted by Crippen LogP contribution is 2.23. The number of hydrogen-bond acceptors (Lipinski definition) is 15. The minimum atomic E-state index is -1.98. The summed E-state index contributed by atoms with van der Waals surface area (Å²) in [6.07, 6.45) is -11.8. The van der Waals surface area contributed by atoms with E-state index < -0.39 is 116 Å². The first-order chi connectivity index (χ1) is 21.9. The van der Waals surface area contributed by atoms with Gasteiger partial charge in [0.1, 0.15) is 31.0 Å². The summed E-state index contributed by atoms with van der Waals surface area (Å²) in [6.45, 7) is 12.9. The van der Waals surface area contributed by atoms with E-state index in [9.17, 15) is 44.4 Å². The molecule has 0 aliphatic heterocycles. The van der Waals surface area contributed by atoms with Gasteiger partial charge in [-0.3, -0.25) is 4.79 Å².